The third kappa shape index (κ3) is 2.51. The Kier molecular flexibility index (Phi) is 3.61. The van der Waals surface area contributed by atoms with Crippen molar-refractivity contribution in [3.05, 3.63) is 35.4 Å². The zero-order chi connectivity index (χ0) is 13.2. The molecule has 1 amide bonds. The van der Waals surface area contributed by atoms with Gasteiger partial charge in [0.25, 0.3) is 5.91 Å². The molecule has 0 aromatic heterocycles. The van der Waals surface area contributed by atoms with E-state index in [1.54, 1.807) is 0 Å². The van der Waals surface area contributed by atoms with Gasteiger partial charge in [0.2, 0.25) is 0 Å². The molecule has 5 heteroatoms. The van der Waals surface area contributed by atoms with Gasteiger partial charge in [-0.2, -0.15) is 0 Å². The molecule has 0 bridgehead atoms. The van der Waals surface area contributed by atoms with E-state index in [4.69, 9.17) is 5.73 Å². The number of hydrogen-bond donors (Lipinski definition) is 2. The molecule has 0 radical (unpaired) electrons. The van der Waals surface area contributed by atoms with Crippen LogP contribution < -0.4 is 11.1 Å². The molecule has 1 aromatic rings. The Hall–Kier alpha value is -1.49. The minimum absolute atomic E-state index is 0.142. The summed E-state index contributed by atoms with van der Waals surface area (Å²) in [5.74, 6) is -2.07. The molecule has 0 heterocycles. The van der Waals surface area contributed by atoms with Gasteiger partial charge >= 0.3 is 0 Å². The second-order valence-corrected chi connectivity index (χ2v) is 4.77. The lowest BCUT2D eigenvalue weighted by molar-refractivity contribution is 0.0899. The highest BCUT2D eigenvalue weighted by Gasteiger charge is 2.34. The summed E-state index contributed by atoms with van der Waals surface area (Å²) in [4.78, 5) is 12.0. The van der Waals surface area contributed by atoms with Gasteiger partial charge in [-0.15, -0.1) is 0 Å². The van der Waals surface area contributed by atoms with Crippen LogP contribution in [0.2, 0.25) is 0 Å². The molecule has 1 aliphatic carbocycles. The Morgan fingerprint density at radius 2 is 2.00 bits per heavy atom. The smallest absolute Gasteiger partial charge is 0.254 e. The van der Waals surface area contributed by atoms with Crippen molar-refractivity contribution in [3.8, 4) is 0 Å². The van der Waals surface area contributed by atoms with E-state index >= 15 is 0 Å². The van der Waals surface area contributed by atoms with Crippen LogP contribution in [0.15, 0.2) is 18.2 Å². The van der Waals surface area contributed by atoms with E-state index < -0.39 is 23.1 Å². The van der Waals surface area contributed by atoms with Crippen molar-refractivity contribution in [2.24, 2.45) is 5.73 Å². The number of carbonyl (C=O) groups excluding carboxylic acids is 1. The Morgan fingerprint density at radius 1 is 1.33 bits per heavy atom. The molecule has 98 valence electrons. The monoisotopic (exact) mass is 254 g/mol. The fourth-order valence-corrected chi connectivity index (χ4v) is 2.41. The highest BCUT2D eigenvalue weighted by atomic mass is 19.1. The first-order valence-electron chi connectivity index (χ1n) is 6.04. The highest BCUT2D eigenvalue weighted by Crippen LogP contribution is 2.29. The summed E-state index contributed by atoms with van der Waals surface area (Å²) in [6.07, 6.45) is 3.61. The maximum absolute atomic E-state index is 13.5. The van der Waals surface area contributed by atoms with E-state index in [1.807, 2.05) is 0 Å². The van der Waals surface area contributed by atoms with Gasteiger partial charge in [0.15, 0.2) is 0 Å². The molecule has 3 nitrogen and oxygen atoms in total. The second kappa shape index (κ2) is 5.02. The van der Waals surface area contributed by atoms with Crippen LogP contribution in [0.5, 0.6) is 0 Å². The number of hydrogen-bond acceptors (Lipinski definition) is 2. The van der Waals surface area contributed by atoms with Gasteiger partial charge in [-0.25, -0.2) is 8.78 Å². The molecule has 1 aliphatic rings. The lowest BCUT2D eigenvalue weighted by Gasteiger charge is -2.28. The molecule has 0 saturated heterocycles. The Bertz CT molecular complexity index is 456. The number of carbonyl (C=O) groups is 1. The fourth-order valence-electron chi connectivity index (χ4n) is 2.41. The minimum Gasteiger partial charge on any atom is -0.345 e. The van der Waals surface area contributed by atoms with Gasteiger partial charge in [0.05, 0.1) is 11.1 Å². The standard InChI is InChI=1S/C13H16F2N2O/c14-9-3-4-10(11(15)7-9)12(18)17-13(8-16)5-1-2-6-13/h3-4,7H,1-2,5-6,8,16H2,(H,17,18). The van der Waals surface area contributed by atoms with Crippen molar-refractivity contribution < 1.29 is 13.6 Å². The van der Waals surface area contributed by atoms with Gasteiger partial charge in [0.1, 0.15) is 11.6 Å². The molecule has 2 rings (SSSR count). The number of nitrogens with one attached hydrogen (secondary N) is 1. The molecule has 1 saturated carbocycles. The average Bonchev–Trinajstić information content (AvgIpc) is 2.78. The predicted octanol–water partition coefficient (Wildman–Crippen LogP) is 1.97. The van der Waals surface area contributed by atoms with E-state index in [0.717, 1.165) is 37.8 Å². The summed E-state index contributed by atoms with van der Waals surface area (Å²) < 4.78 is 26.2. The van der Waals surface area contributed by atoms with Crippen LogP contribution in [-0.2, 0) is 0 Å². The van der Waals surface area contributed by atoms with Crippen molar-refractivity contribution in [3.63, 3.8) is 0 Å². The molecule has 1 fully saturated rings. The first kappa shape index (κ1) is 13.0. The lowest BCUT2D eigenvalue weighted by Crippen LogP contribution is -2.51. The molecular weight excluding hydrogens is 238 g/mol. The zero-order valence-electron chi connectivity index (χ0n) is 10.0. The molecular formula is C13H16F2N2O. The van der Waals surface area contributed by atoms with Crippen LogP contribution in [-0.4, -0.2) is 18.0 Å². The van der Waals surface area contributed by atoms with Crippen LogP contribution >= 0.6 is 0 Å². The zero-order valence-corrected chi connectivity index (χ0v) is 10.0. The summed E-state index contributed by atoms with van der Waals surface area (Å²) in [6, 6.07) is 2.93. The minimum atomic E-state index is -0.849. The summed E-state index contributed by atoms with van der Waals surface area (Å²) in [7, 11) is 0. The largest absolute Gasteiger partial charge is 0.345 e. The number of amides is 1. The first-order valence-corrected chi connectivity index (χ1v) is 6.04. The van der Waals surface area contributed by atoms with E-state index in [0.29, 0.717) is 12.6 Å². The van der Waals surface area contributed by atoms with E-state index in [-0.39, 0.29) is 5.56 Å². The Morgan fingerprint density at radius 3 is 2.56 bits per heavy atom. The average molecular weight is 254 g/mol. The normalized spacial score (nSPS) is 17.7. The third-order valence-corrected chi connectivity index (χ3v) is 3.51. The van der Waals surface area contributed by atoms with Gasteiger partial charge in [-0.05, 0) is 25.0 Å². The molecule has 0 atom stereocenters. The maximum Gasteiger partial charge on any atom is 0.254 e. The van der Waals surface area contributed by atoms with Crippen molar-refractivity contribution in [2.45, 2.75) is 31.2 Å². The molecule has 18 heavy (non-hydrogen) atoms. The van der Waals surface area contributed by atoms with Gasteiger partial charge in [0, 0.05) is 12.6 Å². The van der Waals surface area contributed by atoms with E-state index in [9.17, 15) is 13.6 Å². The third-order valence-electron chi connectivity index (χ3n) is 3.51. The van der Waals surface area contributed by atoms with E-state index in [2.05, 4.69) is 5.32 Å². The van der Waals surface area contributed by atoms with Crippen LogP contribution in [0.1, 0.15) is 36.0 Å². The highest BCUT2D eigenvalue weighted by molar-refractivity contribution is 5.95. The Labute approximate surface area is 104 Å². The quantitative estimate of drug-likeness (QED) is 0.866. The number of benzene rings is 1. The molecule has 1 aromatic carbocycles. The molecule has 0 unspecified atom stereocenters. The number of rotatable bonds is 3. The van der Waals surface area contributed by atoms with Crippen LogP contribution in [0.4, 0.5) is 8.78 Å². The molecule has 0 spiro atoms. The first-order chi connectivity index (χ1) is 8.56. The maximum atomic E-state index is 13.5. The van der Waals surface area contributed by atoms with Crippen molar-refractivity contribution >= 4 is 5.91 Å². The van der Waals surface area contributed by atoms with Crippen LogP contribution in [0.3, 0.4) is 0 Å². The second-order valence-electron chi connectivity index (χ2n) is 4.77. The van der Waals surface area contributed by atoms with Crippen LogP contribution in [0, 0.1) is 11.6 Å². The predicted molar refractivity (Wildman–Crippen MR) is 64.1 cm³/mol. The van der Waals surface area contributed by atoms with Crippen LogP contribution in [0.25, 0.3) is 0 Å². The van der Waals surface area contributed by atoms with Crippen molar-refractivity contribution in [1.82, 2.24) is 5.32 Å². The topological polar surface area (TPSA) is 55.1 Å². The van der Waals surface area contributed by atoms with Gasteiger partial charge < -0.3 is 11.1 Å². The summed E-state index contributed by atoms with van der Waals surface area (Å²) in [5.41, 5.74) is 5.11. The molecule has 3 N–H and O–H groups in total. The van der Waals surface area contributed by atoms with Crippen molar-refractivity contribution in [2.75, 3.05) is 6.54 Å². The number of halogens is 2. The number of nitrogens with two attached hydrogens (primary N) is 1. The van der Waals surface area contributed by atoms with Crippen molar-refractivity contribution in [1.29, 1.82) is 0 Å². The van der Waals surface area contributed by atoms with E-state index in [1.165, 1.54) is 0 Å². The summed E-state index contributed by atoms with van der Waals surface area (Å²) in [6.45, 7) is 0.335. The SMILES string of the molecule is NCC1(NC(=O)c2ccc(F)cc2F)CCCC1. The molecule has 0 aliphatic heterocycles. The van der Waals surface area contributed by atoms with Gasteiger partial charge in [-0.1, -0.05) is 12.8 Å². The van der Waals surface area contributed by atoms with Gasteiger partial charge in [-0.3, -0.25) is 4.79 Å². The summed E-state index contributed by atoms with van der Waals surface area (Å²) in [5, 5.41) is 2.79. The summed E-state index contributed by atoms with van der Waals surface area (Å²) >= 11 is 0. The Balaban J connectivity index is 2.16. The fraction of sp³-hybridized carbons (Fsp3) is 0.462. The lowest BCUT2D eigenvalue weighted by atomic mass is 9.97.